The Morgan fingerprint density at radius 3 is 2.25 bits per heavy atom. The van der Waals surface area contributed by atoms with Crippen molar-refractivity contribution >= 4 is 5.91 Å². The fourth-order valence-corrected chi connectivity index (χ4v) is 5.52. The lowest BCUT2D eigenvalue weighted by atomic mass is 9.59. The number of likely N-dealkylation sites (tertiary alicyclic amines) is 2. The van der Waals surface area contributed by atoms with Crippen molar-refractivity contribution < 1.29 is 4.79 Å². The third-order valence-corrected chi connectivity index (χ3v) is 7.54. The Balaban J connectivity index is 1.23. The van der Waals surface area contributed by atoms with Crippen molar-refractivity contribution in [1.82, 2.24) is 19.8 Å². The van der Waals surface area contributed by atoms with Gasteiger partial charge < -0.3 is 9.80 Å². The highest BCUT2D eigenvalue weighted by Crippen LogP contribution is 2.51. The first-order chi connectivity index (χ1) is 13.5. The maximum absolute atomic E-state index is 11.9. The predicted octanol–water partition coefficient (Wildman–Crippen LogP) is 3.96. The molecule has 1 spiro atoms. The third kappa shape index (κ3) is 3.96. The molecule has 1 saturated carbocycles. The second-order valence-corrected chi connectivity index (χ2v) is 9.64. The molecule has 3 aliphatic rings. The number of carbonyl (C=O) groups is 1. The summed E-state index contributed by atoms with van der Waals surface area (Å²) >= 11 is 0. The molecule has 3 heterocycles. The van der Waals surface area contributed by atoms with Gasteiger partial charge in [0, 0.05) is 43.9 Å². The van der Waals surface area contributed by atoms with Crippen molar-refractivity contribution in [2.75, 3.05) is 26.2 Å². The minimum Gasteiger partial charge on any atom is -0.343 e. The van der Waals surface area contributed by atoms with Crippen molar-refractivity contribution in [2.24, 2.45) is 5.41 Å². The summed E-state index contributed by atoms with van der Waals surface area (Å²) in [6, 6.07) is 0.772. The average Bonchev–Trinajstić information content (AvgIpc) is 2.72. The Hall–Kier alpha value is -1.49. The van der Waals surface area contributed by atoms with Gasteiger partial charge in [0.15, 0.2) is 0 Å². The zero-order chi connectivity index (χ0) is 19.7. The highest BCUT2D eigenvalue weighted by molar-refractivity contribution is 5.75. The second kappa shape index (κ2) is 8.10. The molecule has 5 nitrogen and oxygen atoms in total. The molecule has 1 amide bonds. The summed E-state index contributed by atoms with van der Waals surface area (Å²) in [7, 11) is 0. The molecule has 0 aromatic carbocycles. The topological polar surface area (TPSA) is 49.3 Å². The molecule has 28 heavy (non-hydrogen) atoms. The quantitative estimate of drug-likeness (QED) is 0.788. The van der Waals surface area contributed by atoms with E-state index in [1.165, 1.54) is 57.2 Å². The van der Waals surface area contributed by atoms with Crippen LogP contribution in [0.5, 0.6) is 0 Å². The zero-order valence-electron chi connectivity index (χ0n) is 17.9. The molecule has 5 heteroatoms. The summed E-state index contributed by atoms with van der Waals surface area (Å²) in [6.07, 6.45) is 12.3. The number of nitrogens with zero attached hydrogens (tertiary/aromatic N) is 4. The summed E-state index contributed by atoms with van der Waals surface area (Å²) in [5.74, 6) is 2.30. The summed E-state index contributed by atoms with van der Waals surface area (Å²) in [6.45, 7) is 10.6. The van der Waals surface area contributed by atoms with Crippen LogP contribution in [0, 0.1) is 5.41 Å². The highest BCUT2D eigenvalue weighted by atomic mass is 16.2. The first-order valence-electron chi connectivity index (χ1n) is 11.3. The minimum absolute atomic E-state index is 0.332. The molecule has 0 radical (unpaired) electrons. The van der Waals surface area contributed by atoms with E-state index in [9.17, 15) is 4.79 Å². The summed E-state index contributed by atoms with van der Waals surface area (Å²) in [5.41, 5.74) is 1.86. The van der Waals surface area contributed by atoms with Crippen molar-refractivity contribution in [3.8, 4) is 0 Å². The van der Waals surface area contributed by atoms with Gasteiger partial charge in [-0.3, -0.25) is 4.79 Å². The first kappa shape index (κ1) is 19.8. The maximum Gasteiger partial charge on any atom is 0.222 e. The Bertz CT molecular complexity index is 662. The summed E-state index contributed by atoms with van der Waals surface area (Å²) < 4.78 is 0. The van der Waals surface area contributed by atoms with Crippen LogP contribution in [0.25, 0.3) is 0 Å². The van der Waals surface area contributed by atoms with E-state index in [-0.39, 0.29) is 0 Å². The van der Waals surface area contributed by atoms with Crippen LogP contribution in [-0.4, -0.2) is 57.9 Å². The number of carbonyl (C=O) groups excluding carboxylic acids is 1. The van der Waals surface area contributed by atoms with E-state index >= 15 is 0 Å². The van der Waals surface area contributed by atoms with Crippen LogP contribution in [0.2, 0.25) is 0 Å². The van der Waals surface area contributed by atoms with Crippen LogP contribution >= 0.6 is 0 Å². The van der Waals surface area contributed by atoms with Crippen molar-refractivity contribution in [1.29, 1.82) is 0 Å². The summed E-state index contributed by atoms with van der Waals surface area (Å²) in [4.78, 5) is 25.8. The molecule has 0 unspecified atom stereocenters. The SMILES string of the molecule is CCC(=O)N1CCC2(CC1)CC(N1CCC(c3cnc(C(C)C)nc3)CC1)C2. The second-order valence-electron chi connectivity index (χ2n) is 9.64. The normalized spacial score (nSPS) is 23.9. The number of aromatic nitrogens is 2. The van der Waals surface area contributed by atoms with Crippen LogP contribution in [0.1, 0.15) is 88.9 Å². The van der Waals surface area contributed by atoms with Crippen LogP contribution in [0.4, 0.5) is 0 Å². The average molecular weight is 385 g/mol. The van der Waals surface area contributed by atoms with Gasteiger partial charge in [0.2, 0.25) is 5.91 Å². The number of amides is 1. The van der Waals surface area contributed by atoms with Crippen LogP contribution < -0.4 is 0 Å². The van der Waals surface area contributed by atoms with Gasteiger partial charge in [-0.15, -0.1) is 0 Å². The molecule has 2 saturated heterocycles. The molecule has 0 atom stereocenters. The van der Waals surface area contributed by atoms with Crippen LogP contribution in [-0.2, 0) is 4.79 Å². The summed E-state index contributed by atoms with van der Waals surface area (Å²) in [5, 5.41) is 0. The molecule has 154 valence electrons. The Morgan fingerprint density at radius 1 is 1.11 bits per heavy atom. The van der Waals surface area contributed by atoms with Gasteiger partial charge in [0.25, 0.3) is 0 Å². The van der Waals surface area contributed by atoms with E-state index in [1.54, 1.807) is 0 Å². The highest BCUT2D eigenvalue weighted by Gasteiger charge is 2.48. The molecule has 1 aromatic heterocycles. The van der Waals surface area contributed by atoms with Crippen molar-refractivity contribution in [3.63, 3.8) is 0 Å². The molecular weight excluding hydrogens is 348 g/mol. The van der Waals surface area contributed by atoms with Gasteiger partial charge in [-0.2, -0.15) is 0 Å². The van der Waals surface area contributed by atoms with Crippen LogP contribution in [0.15, 0.2) is 12.4 Å². The lowest BCUT2D eigenvalue weighted by Gasteiger charge is -2.56. The fourth-order valence-electron chi connectivity index (χ4n) is 5.52. The van der Waals surface area contributed by atoms with Gasteiger partial charge in [-0.05, 0) is 68.5 Å². The smallest absolute Gasteiger partial charge is 0.222 e. The van der Waals surface area contributed by atoms with E-state index in [4.69, 9.17) is 0 Å². The van der Waals surface area contributed by atoms with E-state index in [2.05, 4.69) is 46.0 Å². The molecule has 4 rings (SSSR count). The van der Waals surface area contributed by atoms with Gasteiger partial charge >= 0.3 is 0 Å². The van der Waals surface area contributed by atoms with Gasteiger partial charge in [-0.1, -0.05) is 20.8 Å². The van der Waals surface area contributed by atoms with Crippen molar-refractivity contribution in [2.45, 2.75) is 83.6 Å². The van der Waals surface area contributed by atoms with E-state index in [1.807, 2.05) is 6.92 Å². The minimum atomic E-state index is 0.332. The number of piperidine rings is 2. The standard InChI is InChI=1S/C23H36N4O/c1-4-21(28)27-11-7-23(8-12-27)13-20(14-23)26-9-5-18(6-10-26)19-15-24-22(17(2)3)25-16-19/h15-18,20H,4-14H2,1-3H3. The Labute approximate surface area is 169 Å². The number of rotatable bonds is 4. The molecule has 0 bridgehead atoms. The Morgan fingerprint density at radius 2 is 1.71 bits per heavy atom. The molecule has 2 aliphatic heterocycles. The fraction of sp³-hybridized carbons (Fsp3) is 0.783. The number of hydrogen-bond acceptors (Lipinski definition) is 4. The molecule has 1 aromatic rings. The molecular formula is C23H36N4O. The lowest BCUT2D eigenvalue weighted by molar-refractivity contribution is -0.135. The van der Waals surface area contributed by atoms with E-state index in [0.717, 1.165) is 25.0 Å². The lowest BCUT2D eigenvalue weighted by Crippen LogP contribution is -2.56. The van der Waals surface area contributed by atoms with Crippen molar-refractivity contribution in [3.05, 3.63) is 23.8 Å². The van der Waals surface area contributed by atoms with Gasteiger partial charge in [0.1, 0.15) is 5.82 Å². The Kier molecular flexibility index (Phi) is 5.73. The van der Waals surface area contributed by atoms with E-state index in [0.29, 0.717) is 29.6 Å². The monoisotopic (exact) mass is 384 g/mol. The first-order valence-corrected chi connectivity index (χ1v) is 11.3. The van der Waals surface area contributed by atoms with Gasteiger partial charge in [0.05, 0.1) is 0 Å². The van der Waals surface area contributed by atoms with Gasteiger partial charge in [-0.25, -0.2) is 9.97 Å². The molecule has 3 fully saturated rings. The third-order valence-electron chi connectivity index (χ3n) is 7.54. The number of hydrogen-bond donors (Lipinski definition) is 0. The largest absolute Gasteiger partial charge is 0.343 e. The van der Waals surface area contributed by atoms with E-state index < -0.39 is 0 Å². The maximum atomic E-state index is 11.9. The predicted molar refractivity (Wildman–Crippen MR) is 111 cm³/mol. The zero-order valence-corrected chi connectivity index (χ0v) is 17.9. The molecule has 1 aliphatic carbocycles. The molecule has 0 N–H and O–H groups in total. The van der Waals surface area contributed by atoms with Crippen LogP contribution in [0.3, 0.4) is 0 Å².